The summed E-state index contributed by atoms with van der Waals surface area (Å²) >= 11 is 0. The van der Waals surface area contributed by atoms with Crippen molar-refractivity contribution in [3.05, 3.63) is 35.4 Å². The van der Waals surface area contributed by atoms with Gasteiger partial charge in [-0.2, -0.15) is 0 Å². The Morgan fingerprint density at radius 1 is 1.31 bits per heavy atom. The van der Waals surface area contributed by atoms with Gasteiger partial charge in [0.05, 0.1) is 12.6 Å². The van der Waals surface area contributed by atoms with E-state index in [-0.39, 0.29) is 12.2 Å². The standard InChI is InChI=1S/C9H11F2NO/c10-9(11)7-3-1-2-6(4-7)8(12)5-13/h1-4,8-9,13H,5,12H2. The van der Waals surface area contributed by atoms with E-state index in [1.54, 1.807) is 6.07 Å². The molecule has 1 aromatic carbocycles. The van der Waals surface area contributed by atoms with Crippen LogP contribution in [0.2, 0.25) is 0 Å². The van der Waals surface area contributed by atoms with E-state index in [0.717, 1.165) is 0 Å². The Hall–Kier alpha value is -1.00. The van der Waals surface area contributed by atoms with Crippen molar-refractivity contribution < 1.29 is 13.9 Å². The first kappa shape index (κ1) is 10.1. The highest BCUT2D eigenvalue weighted by Crippen LogP contribution is 2.21. The van der Waals surface area contributed by atoms with Gasteiger partial charge < -0.3 is 10.8 Å². The van der Waals surface area contributed by atoms with Crippen molar-refractivity contribution in [3.63, 3.8) is 0 Å². The van der Waals surface area contributed by atoms with Gasteiger partial charge >= 0.3 is 0 Å². The van der Waals surface area contributed by atoms with E-state index < -0.39 is 12.5 Å². The third kappa shape index (κ3) is 2.47. The highest BCUT2D eigenvalue weighted by molar-refractivity contribution is 5.26. The van der Waals surface area contributed by atoms with Gasteiger partial charge in [0.2, 0.25) is 0 Å². The Morgan fingerprint density at radius 3 is 2.46 bits per heavy atom. The molecule has 0 heterocycles. The van der Waals surface area contributed by atoms with Crippen molar-refractivity contribution in [2.75, 3.05) is 6.61 Å². The van der Waals surface area contributed by atoms with Crippen molar-refractivity contribution in [3.8, 4) is 0 Å². The van der Waals surface area contributed by atoms with Crippen molar-refractivity contribution >= 4 is 0 Å². The zero-order chi connectivity index (χ0) is 9.84. The summed E-state index contributed by atoms with van der Waals surface area (Å²) in [6.45, 7) is -0.243. The summed E-state index contributed by atoms with van der Waals surface area (Å²) in [5, 5.41) is 8.71. The van der Waals surface area contributed by atoms with Crippen LogP contribution < -0.4 is 5.73 Å². The van der Waals surface area contributed by atoms with Crippen molar-refractivity contribution in [2.45, 2.75) is 12.5 Å². The molecule has 1 aromatic rings. The van der Waals surface area contributed by atoms with Gasteiger partial charge in [-0.1, -0.05) is 18.2 Å². The molecule has 4 heteroatoms. The number of hydrogen-bond acceptors (Lipinski definition) is 2. The average Bonchev–Trinajstić information content (AvgIpc) is 2.17. The maximum atomic E-state index is 12.2. The molecule has 0 fully saturated rings. The minimum Gasteiger partial charge on any atom is -0.394 e. The van der Waals surface area contributed by atoms with Crippen molar-refractivity contribution in [2.24, 2.45) is 5.73 Å². The average molecular weight is 187 g/mol. The molecular weight excluding hydrogens is 176 g/mol. The van der Waals surface area contributed by atoms with Crippen LogP contribution in [0.4, 0.5) is 8.78 Å². The maximum absolute atomic E-state index is 12.2. The second-order valence-corrected chi connectivity index (χ2v) is 2.76. The molecule has 0 aromatic heterocycles. The number of hydrogen-bond donors (Lipinski definition) is 2. The highest BCUT2D eigenvalue weighted by Gasteiger charge is 2.09. The summed E-state index contributed by atoms with van der Waals surface area (Å²) in [6, 6.07) is 5.18. The zero-order valence-corrected chi connectivity index (χ0v) is 6.95. The quantitative estimate of drug-likeness (QED) is 0.755. The maximum Gasteiger partial charge on any atom is 0.263 e. The van der Waals surface area contributed by atoms with E-state index in [1.165, 1.54) is 18.2 Å². The van der Waals surface area contributed by atoms with E-state index >= 15 is 0 Å². The number of alkyl halides is 2. The third-order valence-corrected chi connectivity index (χ3v) is 1.79. The first-order valence-corrected chi connectivity index (χ1v) is 3.89. The molecule has 0 spiro atoms. The molecule has 13 heavy (non-hydrogen) atoms. The van der Waals surface area contributed by atoms with Crippen LogP contribution in [0, 0.1) is 0 Å². The Kier molecular flexibility index (Phi) is 3.33. The number of aliphatic hydroxyl groups is 1. The Bertz CT molecular complexity index is 278. The van der Waals surface area contributed by atoms with Crippen LogP contribution in [0.15, 0.2) is 24.3 Å². The SMILES string of the molecule is NC(CO)c1cccc(C(F)F)c1. The second kappa shape index (κ2) is 4.30. The number of aliphatic hydroxyl groups excluding tert-OH is 1. The summed E-state index contributed by atoms with van der Waals surface area (Å²) in [6.07, 6.45) is -2.49. The number of halogens is 2. The molecule has 0 amide bonds. The van der Waals surface area contributed by atoms with Crippen LogP contribution in [0.3, 0.4) is 0 Å². The van der Waals surface area contributed by atoms with E-state index in [2.05, 4.69) is 0 Å². The van der Waals surface area contributed by atoms with Crippen LogP contribution in [0.5, 0.6) is 0 Å². The van der Waals surface area contributed by atoms with Crippen LogP contribution in [-0.4, -0.2) is 11.7 Å². The molecular formula is C9H11F2NO. The van der Waals surface area contributed by atoms with Crippen LogP contribution >= 0.6 is 0 Å². The lowest BCUT2D eigenvalue weighted by Gasteiger charge is -2.09. The molecule has 0 radical (unpaired) electrons. The van der Waals surface area contributed by atoms with E-state index in [0.29, 0.717) is 5.56 Å². The summed E-state index contributed by atoms with van der Waals surface area (Å²) in [5.74, 6) is 0. The monoisotopic (exact) mass is 187 g/mol. The topological polar surface area (TPSA) is 46.2 Å². The lowest BCUT2D eigenvalue weighted by atomic mass is 10.1. The Labute approximate surface area is 75.0 Å². The smallest absolute Gasteiger partial charge is 0.263 e. The predicted octanol–water partition coefficient (Wildman–Crippen LogP) is 1.62. The van der Waals surface area contributed by atoms with E-state index in [1.807, 2.05) is 0 Å². The minimum atomic E-state index is -2.49. The van der Waals surface area contributed by atoms with Gasteiger partial charge in [-0.15, -0.1) is 0 Å². The largest absolute Gasteiger partial charge is 0.394 e. The van der Waals surface area contributed by atoms with Gasteiger partial charge in [0.1, 0.15) is 0 Å². The third-order valence-electron chi connectivity index (χ3n) is 1.79. The normalized spacial score (nSPS) is 13.3. The number of benzene rings is 1. The molecule has 3 N–H and O–H groups in total. The molecule has 0 saturated carbocycles. The van der Waals surface area contributed by atoms with Crippen molar-refractivity contribution in [1.29, 1.82) is 0 Å². The molecule has 2 nitrogen and oxygen atoms in total. The van der Waals surface area contributed by atoms with Gasteiger partial charge in [0, 0.05) is 5.56 Å². The van der Waals surface area contributed by atoms with Crippen LogP contribution in [0.25, 0.3) is 0 Å². The van der Waals surface area contributed by atoms with E-state index in [4.69, 9.17) is 10.8 Å². The lowest BCUT2D eigenvalue weighted by molar-refractivity contribution is 0.151. The zero-order valence-electron chi connectivity index (χ0n) is 6.95. The molecule has 0 aliphatic heterocycles. The molecule has 1 unspecified atom stereocenters. The van der Waals surface area contributed by atoms with Crippen molar-refractivity contribution in [1.82, 2.24) is 0 Å². The number of rotatable bonds is 3. The molecule has 1 rings (SSSR count). The van der Waals surface area contributed by atoms with Crippen LogP contribution in [-0.2, 0) is 0 Å². The summed E-state index contributed by atoms with van der Waals surface area (Å²) in [7, 11) is 0. The Morgan fingerprint density at radius 2 is 1.92 bits per heavy atom. The lowest BCUT2D eigenvalue weighted by Crippen LogP contribution is -2.14. The molecule has 0 aliphatic carbocycles. The van der Waals surface area contributed by atoms with Crippen LogP contribution in [0.1, 0.15) is 23.6 Å². The molecule has 0 bridgehead atoms. The molecule has 1 atom stereocenters. The fourth-order valence-corrected chi connectivity index (χ4v) is 1.03. The summed E-state index contributed by atoms with van der Waals surface area (Å²) in [4.78, 5) is 0. The van der Waals surface area contributed by atoms with Gasteiger partial charge in [-0.3, -0.25) is 0 Å². The second-order valence-electron chi connectivity index (χ2n) is 2.76. The highest BCUT2D eigenvalue weighted by atomic mass is 19.3. The number of nitrogens with two attached hydrogens (primary N) is 1. The van der Waals surface area contributed by atoms with E-state index in [9.17, 15) is 8.78 Å². The van der Waals surface area contributed by atoms with Gasteiger partial charge in [-0.25, -0.2) is 8.78 Å². The minimum absolute atomic E-state index is 0.0681. The fourth-order valence-electron chi connectivity index (χ4n) is 1.03. The first-order valence-electron chi connectivity index (χ1n) is 3.89. The molecule has 72 valence electrons. The molecule has 0 saturated heterocycles. The fraction of sp³-hybridized carbons (Fsp3) is 0.333. The van der Waals surface area contributed by atoms with Gasteiger partial charge in [0.25, 0.3) is 6.43 Å². The predicted molar refractivity (Wildman–Crippen MR) is 45.4 cm³/mol. The first-order chi connectivity index (χ1) is 6.15. The summed E-state index contributed by atoms with van der Waals surface area (Å²) in [5.41, 5.74) is 5.93. The summed E-state index contributed by atoms with van der Waals surface area (Å²) < 4.78 is 24.4. The van der Waals surface area contributed by atoms with Gasteiger partial charge in [0.15, 0.2) is 0 Å². The Balaban J connectivity index is 2.91. The van der Waals surface area contributed by atoms with Gasteiger partial charge in [-0.05, 0) is 11.6 Å². The molecule has 0 aliphatic rings.